The minimum atomic E-state index is -0.0612. The standard InChI is InChI=1S/C12H20N4O2/c1-4-16-11(10(13)5-14-16)12(17)15-6-8(2)18-9(3)7-15/h5,8-9H,4,6-7,13H2,1-3H3/t8-,9+. The number of nitrogen functional groups attached to an aromatic ring is 1. The molecule has 2 heterocycles. The number of rotatable bonds is 2. The zero-order valence-electron chi connectivity index (χ0n) is 11.1. The van der Waals surface area contributed by atoms with Gasteiger partial charge < -0.3 is 15.4 Å². The van der Waals surface area contributed by atoms with Crippen molar-refractivity contribution in [3.63, 3.8) is 0 Å². The second kappa shape index (κ2) is 4.97. The van der Waals surface area contributed by atoms with E-state index in [1.807, 2.05) is 20.8 Å². The molecular weight excluding hydrogens is 232 g/mol. The molecule has 0 radical (unpaired) electrons. The van der Waals surface area contributed by atoms with Crippen molar-refractivity contribution < 1.29 is 9.53 Å². The molecule has 2 atom stereocenters. The summed E-state index contributed by atoms with van der Waals surface area (Å²) in [5.41, 5.74) is 6.76. The third-order valence-electron chi connectivity index (χ3n) is 3.08. The van der Waals surface area contributed by atoms with Crippen molar-refractivity contribution in [3.8, 4) is 0 Å². The van der Waals surface area contributed by atoms with Crippen LogP contribution in [0.5, 0.6) is 0 Å². The summed E-state index contributed by atoms with van der Waals surface area (Å²) in [6, 6.07) is 0. The van der Waals surface area contributed by atoms with Gasteiger partial charge in [0.2, 0.25) is 0 Å². The van der Waals surface area contributed by atoms with Crippen LogP contribution in [0.15, 0.2) is 6.20 Å². The van der Waals surface area contributed by atoms with Crippen LogP contribution in [0, 0.1) is 0 Å². The van der Waals surface area contributed by atoms with Crippen molar-refractivity contribution in [2.75, 3.05) is 18.8 Å². The van der Waals surface area contributed by atoms with Crippen molar-refractivity contribution in [2.24, 2.45) is 0 Å². The summed E-state index contributed by atoms with van der Waals surface area (Å²) in [5, 5.41) is 4.10. The molecule has 0 saturated carbocycles. The second-order valence-electron chi connectivity index (χ2n) is 4.73. The molecule has 0 unspecified atom stereocenters. The van der Waals surface area contributed by atoms with Crippen molar-refractivity contribution in [3.05, 3.63) is 11.9 Å². The predicted octanol–water partition coefficient (Wildman–Crippen LogP) is 0.735. The lowest BCUT2D eigenvalue weighted by Crippen LogP contribution is -2.48. The van der Waals surface area contributed by atoms with Gasteiger partial charge in [-0.15, -0.1) is 0 Å². The van der Waals surface area contributed by atoms with Gasteiger partial charge in [0.15, 0.2) is 0 Å². The van der Waals surface area contributed by atoms with Crippen LogP contribution in [0.4, 0.5) is 5.69 Å². The van der Waals surface area contributed by atoms with Crippen LogP contribution in [0.2, 0.25) is 0 Å². The highest BCUT2D eigenvalue weighted by Crippen LogP contribution is 2.18. The van der Waals surface area contributed by atoms with Crippen LogP contribution in [0.1, 0.15) is 31.3 Å². The third kappa shape index (κ3) is 2.33. The van der Waals surface area contributed by atoms with E-state index < -0.39 is 0 Å². The molecule has 6 heteroatoms. The zero-order valence-corrected chi connectivity index (χ0v) is 11.1. The average Bonchev–Trinajstić information content (AvgIpc) is 2.68. The Morgan fingerprint density at radius 3 is 2.67 bits per heavy atom. The molecule has 2 rings (SSSR count). The van der Waals surface area contributed by atoms with Crippen molar-refractivity contribution in [2.45, 2.75) is 39.5 Å². The first-order chi connectivity index (χ1) is 8.52. The van der Waals surface area contributed by atoms with E-state index in [1.165, 1.54) is 6.20 Å². The fraction of sp³-hybridized carbons (Fsp3) is 0.667. The SMILES string of the molecule is CCn1ncc(N)c1C(=O)N1C[C@@H](C)O[C@@H](C)C1. The maximum Gasteiger partial charge on any atom is 0.274 e. The Hall–Kier alpha value is -1.56. The minimum absolute atomic E-state index is 0.0527. The van der Waals surface area contributed by atoms with E-state index in [0.29, 0.717) is 31.0 Å². The highest BCUT2D eigenvalue weighted by atomic mass is 16.5. The summed E-state index contributed by atoms with van der Waals surface area (Å²) in [5.74, 6) is -0.0612. The van der Waals surface area contributed by atoms with Crippen molar-refractivity contribution >= 4 is 11.6 Å². The van der Waals surface area contributed by atoms with Gasteiger partial charge in [-0.25, -0.2) is 0 Å². The highest BCUT2D eigenvalue weighted by molar-refractivity contribution is 5.97. The quantitative estimate of drug-likeness (QED) is 0.842. The number of aryl methyl sites for hydroxylation is 1. The molecule has 2 N–H and O–H groups in total. The summed E-state index contributed by atoms with van der Waals surface area (Å²) < 4.78 is 7.26. The predicted molar refractivity (Wildman–Crippen MR) is 68.2 cm³/mol. The number of carbonyl (C=O) groups is 1. The average molecular weight is 252 g/mol. The molecular formula is C12H20N4O2. The summed E-state index contributed by atoms with van der Waals surface area (Å²) in [4.78, 5) is 14.3. The summed E-state index contributed by atoms with van der Waals surface area (Å²) in [7, 11) is 0. The Morgan fingerprint density at radius 1 is 1.50 bits per heavy atom. The Balaban J connectivity index is 2.22. The molecule has 1 saturated heterocycles. The normalized spacial score (nSPS) is 24.3. The van der Waals surface area contributed by atoms with Gasteiger partial charge in [0.05, 0.1) is 24.1 Å². The lowest BCUT2D eigenvalue weighted by Gasteiger charge is -2.35. The van der Waals surface area contributed by atoms with E-state index in [4.69, 9.17) is 10.5 Å². The van der Waals surface area contributed by atoms with E-state index in [9.17, 15) is 4.79 Å². The zero-order chi connectivity index (χ0) is 13.3. The van der Waals surface area contributed by atoms with Gasteiger partial charge in [0, 0.05) is 19.6 Å². The monoisotopic (exact) mass is 252 g/mol. The topological polar surface area (TPSA) is 73.4 Å². The fourth-order valence-corrected chi connectivity index (χ4v) is 2.37. The van der Waals surface area contributed by atoms with E-state index in [-0.39, 0.29) is 18.1 Å². The molecule has 0 aromatic carbocycles. The largest absolute Gasteiger partial charge is 0.396 e. The Labute approximate surface area is 107 Å². The van der Waals surface area contributed by atoms with Crippen molar-refractivity contribution in [1.29, 1.82) is 0 Å². The number of nitrogens with two attached hydrogens (primary N) is 1. The van der Waals surface area contributed by atoms with Gasteiger partial charge in [0.25, 0.3) is 5.91 Å². The van der Waals surface area contributed by atoms with Gasteiger partial charge in [0.1, 0.15) is 5.69 Å². The van der Waals surface area contributed by atoms with Crippen molar-refractivity contribution in [1.82, 2.24) is 14.7 Å². The second-order valence-corrected chi connectivity index (χ2v) is 4.73. The Morgan fingerprint density at radius 2 is 2.11 bits per heavy atom. The van der Waals surface area contributed by atoms with Gasteiger partial charge in [-0.2, -0.15) is 5.10 Å². The minimum Gasteiger partial charge on any atom is -0.396 e. The first kappa shape index (κ1) is 12.9. The Kier molecular flexibility index (Phi) is 3.56. The first-order valence-corrected chi connectivity index (χ1v) is 6.29. The molecule has 1 aliphatic rings. The lowest BCUT2D eigenvalue weighted by atomic mass is 10.2. The summed E-state index contributed by atoms with van der Waals surface area (Å²) in [6.45, 7) is 7.70. The van der Waals surface area contributed by atoms with E-state index in [0.717, 1.165) is 0 Å². The van der Waals surface area contributed by atoms with E-state index >= 15 is 0 Å². The molecule has 1 aliphatic heterocycles. The van der Waals surface area contributed by atoms with E-state index in [2.05, 4.69) is 5.10 Å². The molecule has 0 bridgehead atoms. The van der Waals surface area contributed by atoms with Gasteiger partial charge >= 0.3 is 0 Å². The van der Waals surface area contributed by atoms with Crippen LogP contribution in [-0.2, 0) is 11.3 Å². The molecule has 1 fully saturated rings. The van der Waals surface area contributed by atoms with Crippen LogP contribution in [-0.4, -0.2) is 45.9 Å². The van der Waals surface area contributed by atoms with Gasteiger partial charge in [-0.3, -0.25) is 9.48 Å². The number of aromatic nitrogens is 2. The molecule has 0 aliphatic carbocycles. The maximum absolute atomic E-state index is 12.5. The molecule has 100 valence electrons. The van der Waals surface area contributed by atoms with E-state index in [1.54, 1.807) is 9.58 Å². The molecule has 1 amide bonds. The Bertz CT molecular complexity index is 433. The number of hydrogen-bond acceptors (Lipinski definition) is 4. The summed E-state index contributed by atoms with van der Waals surface area (Å²) in [6.07, 6.45) is 1.64. The molecule has 0 spiro atoms. The third-order valence-corrected chi connectivity index (χ3v) is 3.08. The maximum atomic E-state index is 12.5. The van der Waals surface area contributed by atoms with Crippen LogP contribution >= 0.6 is 0 Å². The number of amides is 1. The number of carbonyl (C=O) groups excluding carboxylic acids is 1. The molecule has 1 aromatic heterocycles. The number of anilines is 1. The van der Waals surface area contributed by atoms with Gasteiger partial charge in [-0.1, -0.05) is 0 Å². The highest BCUT2D eigenvalue weighted by Gasteiger charge is 2.29. The number of nitrogens with zero attached hydrogens (tertiary/aromatic N) is 3. The first-order valence-electron chi connectivity index (χ1n) is 6.29. The van der Waals surface area contributed by atoms with Crippen LogP contribution in [0.3, 0.4) is 0 Å². The van der Waals surface area contributed by atoms with Crippen LogP contribution < -0.4 is 5.73 Å². The lowest BCUT2D eigenvalue weighted by molar-refractivity contribution is -0.0588. The molecule has 1 aromatic rings. The number of ether oxygens (including phenoxy) is 1. The number of hydrogen-bond donors (Lipinski definition) is 1. The number of morpholine rings is 1. The smallest absolute Gasteiger partial charge is 0.274 e. The van der Waals surface area contributed by atoms with Crippen LogP contribution in [0.25, 0.3) is 0 Å². The molecule has 18 heavy (non-hydrogen) atoms. The van der Waals surface area contributed by atoms with Gasteiger partial charge in [-0.05, 0) is 20.8 Å². The summed E-state index contributed by atoms with van der Waals surface area (Å²) >= 11 is 0. The molecule has 6 nitrogen and oxygen atoms in total. The fourth-order valence-electron chi connectivity index (χ4n) is 2.37.